The molecule has 0 bridgehead atoms. The van der Waals surface area contributed by atoms with Gasteiger partial charge < -0.3 is 15.0 Å². The number of nitrogens with one attached hydrogen (secondary N) is 1. The molecule has 4 nitrogen and oxygen atoms in total. The molecule has 1 aliphatic heterocycles. The van der Waals surface area contributed by atoms with Crippen LogP contribution in [0.3, 0.4) is 0 Å². The van der Waals surface area contributed by atoms with Crippen molar-refractivity contribution >= 4 is 16.8 Å². The summed E-state index contributed by atoms with van der Waals surface area (Å²) in [6, 6.07) is 13.8. The third-order valence-corrected chi connectivity index (χ3v) is 5.80. The minimum Gasteiger partial charge on any atom is -0.387 e. The lowest BCUT2D eigenvalue weighted by atomic mass is 9.94. The van der Waals surface area contributed by atoms with E-state index in [2.05, 4.69) is 4.98 Å². The highest BCUT2D eigenvalue weighted by atomic mass is 16.3. The lowest BCUT2D eigenvalue weighted by Crippen LogP contribution is -2.38. The first kappa shape index (κ1) is 15.6. The van der Waals surface area contributed by atoms with Gasteiger partial charge in [0.15, 0.2) is 0 Å². The number of fused-ring (bicyclic) bond motifs is 4. The Bertz CT molecular complexity index is 1000. The molecule has 1 amide bonds. The second-order valence-electron chi connectivity index (χ2n) is 7.45. The third kappa shape index (κ3) is 2.44. The van der Waals surface area contributed by atoms with Gasteiger partial charge in [-0.3, -0.25) is 4.79 Å². The molecule has 0 saturated carbocycles. The van der Waals surface area contributed by atoms with E-state index in [1.54, 1.807) is 4.90 Å². The number of aliphatic hydroxyl groups is 1. The largest absolute Gasteiger partial charge is 0.387 e. The van der Waals surface area contributed by atoms with Crippen molar-refractivity contribution in [2.24, 2.45) is 0 Å². The van der Waals surface area contributed by atoms with Crippen molar-refractivity contribution in [2.75, 3.05) is 6.54 Å². The van der Waals surface area contributed by atoms with Crippen LogP contribution < -0.4 is 0 Å². The molecule has 0 radical (unpaired) electrons. The molecule has 3 aromatic rings. The SMILES string of the molecule is O=C(c1ccc2[nH]c3c(c2c1)CCCC3)N1Cc2ccccc2[C@H](O)C1. The molecule has 0 fully saturated rings. The van der Waals surface area contributed by atoms with Gasteiger partial charge in [0.05, 0.1) is 12.6 Å². The fourth-order valence-electron chi connectivity index (χ4n) is 4.46. The Hall–Kier alpha value is -2.59. The van der Waals surface area contributed by atoms with Crippen molar-refractivity contribution in [3.63, 3.8) is 0 Å². The van der Waals surface area contributed by atoms with Gasteiger partial charge in [0.2, 0.25) is 0 Å². The van der Waals surface area contributed by atoms with Crippen molar-refractivity contribution in [1.82, 2.24) is 9.88 Å². The van der Waals surface area contributed by atoms with Gasteiger partial charge in [0.25, 0.3) is 5.91 Å². The average molecular weight is 346 g/mol. The van der Waals surface area contributed by atoms with Gasteiger partial charge in [-0.2, -0.15) is 0 Å². The zero-order valence-corrected chi connectivity index (χ0v) is 14.7. The molecular formula is C22H22N2O2. The molecule has 2 N–H and O–H groups in total. The first-order chi connectivity index (χ1) is 12.7. The van der Waals surface area contributed by atoms with Crippen molar-refractivity contribution in [3.05, 3.63) is 70.4 Å². The molecule has 4 heteroatoms. The number of aromatic nitrogens is 1. The van der Waals surface area contributed by atoms with E-state index in [1.807, 2.05) is 42.5 Å². The smallest absolute Gasteiger partial charge is 0.254 e. The van der Waals surface area contributed by atoms with E-state index >= 15 is 0 Å². The summed E-state index contributed by atoms with van der Waals surface area (Å²) in [6.45, 7) is 0.897. The first-order valence-corrected chi connectivity index (χ1v) is 9.39. The minimum atomic E-state index is -0.618. The summed E-state index contributed by atoms with van der Waals surface area (Å²) in [5.41, 5.74) is 6.50. The van der Waals surface area contributed by atoms with Crippen molar-refractivity contribution < 1.29 is 9.90 Å². The summed E-state index contributed by atoms with van der Waals surface area (Å²) >= 11 is 0. The summed E-state index contributed by atoms with van der Waals surface area (Å²) < 4.78 is 0. The third-order valence-electron chi connectivity index (χ3n) is 5.80. The van der Waals surface area contributed by atoms with Crippen molar-refractivity contribution in [2.45, 2.75) is 38.3 Å². The van der Waals surface area contributed by atoms with Crippen LogP contribution in [0.2, 0.25) is 0 Å². The fraction of sp³-hybridized carbons (Fsp3) is 0.318. The summed E-state index contributed by atoms with van der Waals surface area (Å²) in [4.78, 5) is 18.4. The zero-order chi connectivity index (χ0) is 17.7. The predicted octanol–water partition coefficient (Wildman–Crippen LogP) is 3.74. The van der Waals surface area contributed by atoms with Crippen LogP contribution >= 0.6 is 0 Å². The van der Waals surface area contributed by atoms with E-state index in [0.29, 0.717) is 18.7 Å². The highest BCUT2D eigenvalue weighted by Gasteiger charge is 2.27. The van der Waals surface area contributed by atoms with Crippen molar-refractivity contribution in [3.8, 4) is 0 Å². The zero-order valence-electron chi connectivity index (χ0n) is 14.7. The Morgan fingerprint density at radius 2 is 1.96 bits per heavy atom. The van der Waals surface area contributed by atoms with Gasteiger partial charge in [-0.15, -0.1) is 0 Å². The molecule has 26 heavy (non-hydrogen) atoms. The highest BCUT2D eigenvalue weighted by molar-refractivity contribution is 5.99. The van der Waals surface area contributed by atoms with Crippen LogP contribution in [0.15, 0.2) is 42.5 Å². The molecule has 2 aliphatic rings. The number of nitrogens with zero attached hydrogens (tertiary/aromatic N) is 1. The topological polar surface area (TPSA) is 56.3 Å². The van der Waals surface area contributed by atoms with Crippen LogP contribution in [-0.2, 0) is 19.4 Å². The number of amides is 1. The molecule has 0 saturated heterocycles. The number of H-pyrrole nitrogens is 1. The Morgan fingerprint density at radius 1 is 1.12 bits per heavy atom. The Balaban J connectivity index is 1.49. The van der Waals surface area contributed by atoms with E-state index < -0.39 is 6.10 Å². The summed E-state index contributed by atoms with van der Waals surface area (Å²) in [5.74, 6) is -0.00814. The predicted molar refractivity (Wildman–Crippen MR) is 101 cm³/mol. The van der Waals surface area contributed by atoms with E-state index in [1.165, 1.54) is 29.5 Å². The van der Waals surface area contributed by atoms with Crippen molar-refractivity contribution in [1.29, 1.82) is 0 Å². The molecule has 1 aromatic heterocycles. The molecule has 1 aliphatic carbocycles. The van der Waals surface area contributed by atoms with Gasteiger partial charge in [-0.1, -0.05) is 24.3 Å². The van der Waals surface area contributed by atoms with E-state index in [9.17, 15) is 9.90 Å². The van der Waals surface area contributed by atoms with Gasteiger partial charge in [-0.25, -0.2) is 0 Å². The number of benzene rings is 2. The van der Waals surface area contributed by atoms with E-state index in [0.717, 1.165) is 29.5 Å². The lowest BCUT2D eigenvalue weighted by molar-refractivity contribution is 0.0550. The fourth-order valence-corrected chi connectivity index (χ4v) is 4.46. The molecule has 5 rings (SSSR count). The maximum atomic E-state index is 13.1. The highest BCUT2D eigenvalue weighted by Crippen LogP contribution is 2.31. The second-order valence-corrected chi connectivity index (χ2v) is 7.45. The second kappa shape index (κ2) is 5.99. The number of rotatable bonds is 1. The van der Waals surface area contributed by atoms with Gasteiger partial charge in [-0.05, 0) is 60.6 Å². The number of aliphatic hydroxyl groups excluding tert-OH is 1. The van der Waals surface area contributed by atoms with Gasteiger partial charge in [0, 0.05) is 28.7 Å². The van der Waals surface area contributed by atoms with Crippen LogP contribution in [0.5, 0.6) is 0 Å². The maximum Gasteiger partial charge on any atom is 0.254 e. The van der Waals surface area contributed by atoms with Crippen LogP contribution in [-0.4, -0.2) is 27.4 Å². The van der Waals surface area contributed by atoms with Crippen LogP contribution in [0.1, 0.15) is 51.7 Å². The molecule has 0 spiro atoms. The Morgan fingerprint density at radius 3 is 2.88 bits per heavy atom. The van der Waals surface area contributed by atoms with Crippen LogP contribution in [0, 0.1) is 0 Å². The van der Waals surface area contributed by atoms with Crippen LogP contribution in [0.4, 0.5) is 0 Å². The maximum absolute atomic E-state index is 13.1. The molecule has 132 valence electrons. The Kier molecular flexibility index (Phi) is 3.61. The Labute approximate surface area is 152 Å². The average Bonchev–Trinajstić information content (AvgIpc) is 3.05. The number of carbonyl (C=O) groups is 1. The van der Waals surface area contributed by atoms with Gasteiger partial charge >= 0.3 is 0 Å². The number of β-amino-alcohol motifs (C(OH)–C–C–N with tert-alkyl or cyclic N) is 1. The molecule has 2 heterocycles. The number of hydrogen-bond acceptors (Lipinski definition) is 2. The molecule has 1 atom stereocenters. The van der Waals surface area contributed by atoms with E-state index in [-0.39, 0.29) is 5.91 Å². The number of aryl methyl sites for hydroxylation is 2. The normalized spacial score (nSPS) is 19.3. The summed E-state index contributed by atoms with van der Waals surface area (Å²) in [6.07, 6.45) is 4.02. The molecular weight excluding hydrogens is 324 g/mol. The van der Waals surface area contributed by atoms with Crippen LogP contribution in [0.25, 0.3) is 10.9 Å². The number of aromatic amines is 1. The minimum absolute atomic E-state index is 0.00814. The monoisotopic (exact) mass is 346 g/mol. The quantitative estimate of drug-likeness (QED) is 0.705. The summed E-state index contributed by atoms with van der Waals surface area (Å²) in [7, 11) is 0. The summed E-state index contributed by atoms with van der Waals surface area (Å²) in [5, 5.41) is 11.6. The molecule has 2 aromatic carbocycles. The number of carbonyl (C=O) groups excluding carboxylic acids is 1. The standard InChI is InChI=1S/C22H22N2O2/c25-21-13-24(12-15-5-1-2-6-16(15)21)22(26)14-9-10-20-18(11-14)17-7-3-4-8-19(17)23-20/h1-2,5-6,9-11,21,23,25H,3-4,7-8,12-13H2/t21-/m1/s1. The van der Waals surface area contributed by atoms with E-state index in [4.69, 9.17) is 0 Å². The number of hydrogen-bond donors (Lipinski definition) is 2. The molecule has 0 unspecified atom stereocenters. The lowest BCUT2D eigenvalue weighted by Gasteiger charge is -2.32. The van der Waals surface area contributed by atoms with Gasteiger partial charge in [0.1, 0.15) is 0 Å². The first-order valence-electron chi connectivity index (χ1n) is 9.39.